The van der Waals surface area contributed by atoms with Gasteiger partial charge in [-0.1, -0.05) is 31.4 Å². The zero-order valence-corrected chi connectivity index (χ0v) is 12.6. The molecule has 0 unspecified atom stereocenters. The summed E-state index contributed by atoms with van der Waals surface area (Å²) in [5.41, 5.74) is 3.29. The molecule has 1 spiro atoms. The molecule has 1 aromatic heterocycles. The van der Waals surface area contributed by atoms with Gasteiger partial charge >= 0.3 is 0 Å². The van der Waals surface area contributed by atoms with E-state index in [1.165, 1.54) is 19.3 Å². The highest BCUT2D eigenvalue weighted by molar-refractivity contribution is 6.00. The Morgan fingerprint density at radius 2 is 2.00 bits per heavy atom. The topological polar surface area (TPSA) is 49.6 Å². The Morgan fingerprint density at radius 1 is 1.14 bits per heavy atom. The number of anilines is 1. The van der Waals surface area contributed by atoms with Crippen LogP contribution in [-0.4, -0.2) is 11.4 Å². The van der Waals surface area contributed by atoms with E-state index in [1.807, 2.05) is 12.1 Å². The number of amidine groups is 1. The number of fused-ring (bicyclic) bond motifs is 1. The minimum absolute atomic E-state index is 0.0314. The van der Waals surface area contributed by atoms with E-state index in [4.69, 9.17) is 9.41 Å². The fourth-order valence-electron chi connectivity index (χ4n) is 3.53. The van der Waals surface area contributed by atoms with Gasteiger partial charge in [0.05, 0.1) is 29.4 Å². The van der Waals surface area contributed by atoms with Crippen LogP contribution in [0.2, 0.25) is 0 Å². The van der Waals surface area contributed by atoms with Gasteiger partial charge in [0.2, 0.25) is 0 Å². The first-order valence-electron chi connectivity index (χ1n) is 8.07. The predicted octanol–water partition coefficient (Wildman–Crippen LogP) is 4.23. The average molecular weight is 295 g/mol. The maximum Gasteiger partial charge on any atom is 0.128 e. The van der Waals surface area contributed by atoms with Crippen LogP contribution in [-0.2, 0) is 6.54 Å². The number of para-hydroxylation sites is 2. The number of nitrogens with zero attached hydrogens (tertiary/aromatic N) is 1. The predicted molar refractivity (Wildman–Crippen MR) is 88.5 cm³/mol. The molecular weight excluding hydrogens is 274 g/mol. The van der Waals surface area contributed by atoms with Crippen LogP contribution >= 0.6 is 0 Å². The second kappa shape index (κ2) is 5.52. The van der Waals surface area contributed by atoms with Gasteiger partial charge in [0.25, 0.3) is 0 Å². The number of rotatable bonds is 2. The highest BCUT2D eigenvalue weighted by Gasteiger charge is 2.40. The summed E-state index contributed by atoms with van der Waals surface area (Å²) in [4.78, 5) is 4.93. The molecule has 1 fully saturated rings. The van der Waals surface area contributed by atoms with Crippen LogP contribution < -0.4 is 10.6 Å². The van der Waals surface area contributed by atoms with Crippen LogP contribution in [0.15, 0.2) is 52.3 Å². The largest absolute Gasteiger partial charge is 0.472 e. The van der Waals surface area contributed by atoms with E-state index in [1.54, 1.807) is 12.5 Å². The second-order valence-electron chi connectivity index (χ2n) is 6.23. The van der Waals surface area contributed by atoms with Gasteiger partial charge in [0, 0.05) is 12.1 Å². The quantitative estimate of drug-likeness (QED) is 0.871. The van der Waals surface area contributed by atoms with Gasteiger partial charge < -0.3 is 15.1 Å². The first-order valence-corrected chi connectivity index (χ1v) is 8.07. The van der Waals surface area contributed by atoms with Crippen molar-refractivity contribution in [2.45, 2.75) is 44.2 Å². The monoisotopic (exact) mass is 295 g/mol. The highest BCUT2D eigenvalue weighted by atomic mass is 16.3. The summed E-state index contributed by atoms with van der Waals surface area (Å²) in [6.07, 6.45) is 9.59. The van der Waals surface area contributed by atoms with Crippen LogP contribution in [0.5, 0.6) is 0 Å². The molecule has 0 amide bonds. The van der Waals surface area contributed by atoms with Crippen molar-refractivity contribution in [1.29, 1.82) is 0 Å². The van der Waals surface area contributed by atoms with E-state index in [0.717, 1.165) is 42.2 Å². The molecule has 4 nitrogen and oxygen atoms in total. The van der Waals surface area contributed by atoms with E-state index in [-0.39, 0.29) is 5.54 Å². The Kier molecular flexibility index (Phi) is 3.37. The molecule has 4 rings (SSSR count). The van der Waals surface area contributed by atoms with Crippen molar-refractivity contribution in [3.63, 3.8) is 0 Å². The van der Waals surface area contributed by atoms with Gasteiger partial charge in [0.1, 0.15) is 5.84 Å². The summed E-state index contributed by atoms with van der Waals surface area (Å²) in [6, 6.07) is 10.3. The Balaban J connectivity index is 1.65. The maximum absolute atomic E-state index is 5.15. The molecule has 1 aliphatic heterocycles. The molecule has 4 heteroatoms. The number of benzene rings is 1. The second-order valence-corrected chi connectivity index (χ2v) is 6.23. The number of furan rings is 1. The standard InChI is InChI=1S/C18H21N3O/c1-4-9-18(10-5-1)17(19-12-14-8-11-22-13-14)20-15-6-2-3-7-16(15)21-18/h2-3,6-8,11,13,21H,1,4-5,9-10,12H2,(H,19,20). The summed E-state index contributed by atoms with van der Waals surface area (Å²) in [5, 5.41) is 7.33. The Labute approximate surface area is 130 Å². The molecule has 0 saturated heterocycles. The van der Waals surface area contributed by atoms with E-state index >= 15 is 0 Å². The van der Waals surface area contributed by atoms with Gasteiger partial charge in [-0.25, -0.2) is 4.99 Å². The van der Waals surface area contributed by atoms with Gasteiger partial charge in [-0.3, -0.25) is 0 Å². The van der Waals surface area contributed by atoms with Gasteiger partial charge in [-0.15, -0.1) is 0 Å². The molecule has 0 bridgehead atoms. The summed E-state index contributed by atoms with van der Waals surface area (Å²) in [6.45, 7) is 0.751. The molecule has 22 heavy (non-hydrogen) atoms. The van der Waals surface area contributed by atoms with Crippen molar-refractivity contribution in [2.24, 2.45) is 4.99 Å². The molecule has 2 N–H and O–H groups in total. The SMILES string of the molecule is c1ccc2c(c1)N=C(NCc1ccoc1)C1(CCCCC1)N2. The van der Waals surface area contributed by atoms with Gasteiger partial charge in [-0.05, 0) is 31.0 Å². The Bertz CT molecular complexity index is 669. The van der Waals surface area contributed by atoms with Crippen molar-refractivity contribution in [3.8, 4) is 0 Å². The van der Waals surface area contributed by atoms with Crippen LogP contribution in [0.4, 0.5) is 11.4 Å². The molecule has 2 heterocycles. The fourth-order valence-corrected chi connectivity index (χ4v) is 3.53. The highest BCUT2D eigenvalue weighted by Crippen LogP contribution is 2.40. The summed E-state index contributed by atoms with van der Waals surface area (Å²) in [5.74, 6) is 1.08. The summed E-state index contributed by atoms with van der Waals surface area (Å²) >= 11 is 0. The molecule has 1 saturated carbocycles. The van der Waals surface area contributed by atoms with Crippen LogP contribution in [0.3, 0.4) is 0 Å². The smallest absolute Gasteiger partial charge is 0.128 e. The third-order valence-corrected chi connectivity index (χ3v) is 4.71. The van der Waals surface area contributed by atoms with Crippen molar-refractivity contribution >= 4 is 17.2 Å². The zero-order chi connectivity index (χ0) is 14.8. The number of hydrogen-bond acceptors (Lipinski definition) is 4. The van der Waals surface area contributed by atoms with E-state index in [9.17, 15) is 0 Å². The van der Waals surface area contributed by atoms with E-state index in [0.29, 0.717) is 0 Å². The summed E-state index contributed by atoms with van der Waals surface area (Å²) < 4.78 is 5.15. The molecule has 1 aromatic carbocycles. The number of hydrogen-bond donors (Lipinski definition) is 2. The first kappa shape index (κ1) is 13.4. The molecule has 1 aliphatic carbocycles. The number of nitrogens with one attached hydrogen (secondary N) is 2. The first-order chi connectivity index (χ1) is 10.9. The molecule has 0 atom stereocenters. The zero-order valence-electron chi connectivity index (χ0n) is 12.6. The minimum Gasteiger partial charge on any atom is -0.472 e. The number of aliphatic imine (C=N–C) groups is 1. The summed E-state index contributed by atoms with van der Waals surface area (Å²) in [7, 11) is 0. The molecular formula is C18H21N3O. The van der Waals surface area contributed by atoms with Gasteiger partial charge in [0.15, 0.2) is 0 Å². The molecule has 0 radical (unpaired) electrons. The van der Waals surface area contributed by atoms with Crippen LogP contribution in [0.25, 0.3) is 0 Å². The van der Waals surface area contributed by atoms with Crippen molar-refractivity contribution < 1.29 is 4.42 Å². The normalized spacial score (nSPS) is 19.2. The lowest BCUT2D eigenvalue weighted by Crippen LogP contribution is -2.54. The average Bonchev–Trinajstić information content (AvgIpc) is 3.07. The lowest BCUT2D eigenvalue weighted by Gasteiger charge is -2.42. The van der Waals surface area contributed by atoms with Crippen molar-refractivity contribution in [1.82, 2.24) is 5.32 Å². The third-order valence-electron chi connectivity index (χ3n) is 4.71. The van der Waals surface area contributed by atoms with E-state index < -0.39 is 0 Å². The Hall–Kier alpha value is -2.23. The van der Waals surface area contributed by atoms with Crippen molar-refractivity contribution in [3.05, 3.63) is 48.4 Å². The third kappa shape index (κ3) is 2.39. The van der Waals surface area contributed by atoms with Crippen LogP contribution in [0, 0.1) is 0 Å². The van der Waals surface area contributed by atoms with Crippen LogP contribution in [0.1, 0.15) is 37.7 Å². The lowest BCUT2D eigenvalue weighted by molar-refractivity contribution is 0.396. The molecule has 2 aliphatic rings. The fraction of sp³-hybridized carbons (Fsp3) is 0.389. The van der Waals surface area contributed by atoms with E-state index in [2.05, 4.69) is 28.8 Å². The van der Waals surface area contributed by atoms with Gasteiger partial charge in [-0.2, -0.15) is 0 Å². The maximum atomic E-state index is 5.15. The molecule has 114 valence electrons. The lowest BCUT2D eigenvalue weighted by atomic mass is 9.79. The molecule has 2 aromatic rings. The Morgan fingerprint density at radius 3 is 2.82 bits per heavy atom. The minimum atomic E-state index is -0.0314. The van der Waals surface area contributed by atoms with Crippen molar-refractivity contribution in [2.75, 3.05) is 5.32 Å².